The Morgan fingerprint density at radius 3 is 2.75 bits per heavy atom. The van der Waals surface area contributed by atoms with Gasteiger partial charge in [-0.2, -0.15) is 0 Å². The summed E-state index contributed by atoms with van der Waals surface area (Å²) in [5.41, 5.74) is 0.706. The molecule has 1 aromatic rings. The normalized spacial score (nSPS) is 16.2. The van der Waals surface area contributed by atoms with Gasteiger partial charge in [-0.05, 0) is 23.4 Å². The van der Waals surface area contributed by atoms with Gasteiger partial charge in [0.25, 0.3) is 0 Å². The molecule has 0 heterocycles. The van der Waals surface area contributed by atoms with Gasteiger partial charge in [-0.15, -0.1) is 0 Å². The summed E-state index contributed by atoms with van der Waals surface area (Å²) in [6.07, 6.45) is 2.13. The molecular formula is C9H10BFO. The van der Waals surface area contributed by atoms with Crippen LogP contribution in [-0.2, 0) is 0 Å². The highest BCUT2D eigenvalue weighted by Gasteiger charge is 2.34. The maximum absolute atomic E-state index is 12.7. The third-order valence-corrected chi connectivity index (χ3v) is 2.26. The van der Waals surface area contributed by atoms with Gasteiger partial charge in [0.1, 0.15) is 5.82 Å². The molecule has 1 N–H and O–H groups in total. The van der Waals surface area contributed by atoms with Crippen LogP contribution in [0.4, 0.5) is 4.39 Å². The van der Waals surface area contributed by atoms with Crippen LogP contribution in [0.5, 0.6) is 0 Å². The van der Waals surface area contributed by atoms with Crippen LogP contribution in [0, 0.1) is 5.82 Å². The molecule has 0 bridgehead atoms. The predicted octanol–water partition coefficient (Wildman–Crippen LogP) is 1.18. The number of hydrogen-bond donors (Lipinski definition) is 1. The molecule has 3 heteroatoms. The average Bonchev–Trinajstić information content (AvgIpc) is 2.85. The van der Waals surface area contributed by atoms with Gasteiger partial charge in [0, 0.05) is 0 Å². The Morgan fingerprint density at radius 1 is 1.42 bits per heavy atom. The fourth-order valence-corrected chi connectivity index (χ4v) is 1.37. The van der Waals surface area contributed by atoms with E-state index in [0.29, 0.717) is 11.3 Å². The molecule has 0 amide bonds. The Labute approximate surface area is 71.3 Å². The molecule has 1 aliphatic rings. The van der Waals surface area contributed by atoms with E-state index >= 15 is 0 Å². The van der Waals surface area contributed by atoms with Crippen molar-refractivity contribution in [3.8, 4) is 0 Å². The Balaban J connectivity index is 2.20. The first-order valence-corrected chi connectivity index (χ1v) is 4.21. The van der Waals surface area contributed by atoms with Crippen LogP contribution in [0.2, 0.25) is 5.82 Å². The SMILES string of the molecule is OB(c1cccc(F)c1)C1CC1. The van der Waals surface area contributed by atoms with E-state index in [2.05, 4.69) is 0 Å². The quantitative estimate of drug-likeness (QED) is 0.650. The molecule has 0 radical (unpaired) electrons. The van der Waals surface area contributed by atoms with Gasteiger partial charge in [0.05, 0.1) is 0 Å². The van der Waals surface area contributed by atoms with E-state index in [1.165, 1.54) is 12.1 Å². The van der Waals surface area contributed by atoms with Gasteiger partial charge in [0.15, 0.2) is 0 Å². The minimum Gasteiger partial charge on any atom is -0.446 e. The molecule has 1 aliphatic carbocycles. The predicted molar refractivity (Wildman–Crippen MR) is 47.0 cm³/mol. The summed E-state index contributed by atoms with van der Waals surface area (Å²) < 4.78 is 12.7. The van der Waals surface area contributed by atoms with Crippen LogP contribution in [0.25, 0.3) is 0 Å². The zero-order valence-electron chi connectivity index (χ0n) is 6.70. The summed E-state index contributed by atoms with van der Waals surface area (Å²) in [5.74, 6) is 0.0963. The second-order valence-corrected chi connectivity index (χ2v) is 3.34. The Hall–Kier alpha value is -0.825. The zero-order chi connectivity index (χ0) is 8.55. The van der Waals surface area contributed by atoms with Crippen molar-refractivity contribution >= 4 is 12.4 Å². The smallest absolute Gasteiger partial charge is 0.327 e. The average molecular weight is 164 g/mol. The minimum atomic E-state index is -0.458. The number of hydrogen-bond acceptors (Lipinski definition) is 1. The van der Waals surface area contributed by atoms with Crippen molar-refractivity contribution in [1.29, 1.82) is 0 Å². The summed E-state index contributed by atoms with van der Waals surface area (Å²) in [7, 11) is 0. The highest BCUT2D eigenvalue weighted by molar-refractivity contribution is 6.68. The first-order chi connectivity index (χ1) is 5.77. The summed E-state index contributed by atoms with van der Waals surface area (Å²) in [4.78, 5) is 0. The molecule has 0 aliphatic heterocycles. The first kappa shape index (κ1) is 7.81. The van der Waals surface area contributed by atoms with Crippen molar-refractivity contribution in [2.24, 2.45) is 0 Å². The van der Waals surface area contributed by atoms with Crippen LogP contribution >= 0.6 is 0 Å². The zero-order valence-corrected chi connectivity index (χ0v) is 6.70. The molecule has 0 saturated heterocycles. The maximum Gasteiger partial charge on any atom is 0.327 e. The Kier molecular flexibility index (Phi) is 1.89. The van der Waals surface area contributed by atoms with Crippen molar-refractivity contribution in [1.82, 2.24) is 0 Å². The maximum atomic E-state index is 12.7. The second-order valence-electron chi connectivity index (χ2n) is 3.34. The summed E-state index contributed by atoms with van der Waals surface area (Å²) >= 11 is 0. The topological polar surface area (TPSA) is 20.2 Å². The van der Waals surface area contributed by atoms with Gasteiger partial charge in [0.2, 0.25) is 0 Å². The molecule has 0 unspecified atom stereocenters. The van der Waals surface area contributed by atoms with E-state index in [1.807, 2.05) is 0 Å². The largest absolute Gasteiger partial charge is 0.446 e. The highest BCUT2D eigenvalue weighted by Crippen LogP contribution is 2.37. The molecule has 0 aromatic heterocycles. The van der Waals surface area contributed by atoms with Crippen LogP contribution in [0.15, 0.2) is 24.3 Å². The first-order valence-electron chi connectivity index (χ1n) is 4.21. The molecule has 1 fully saturated rings. The summed E-state index contributed by atoms with van der Waals surface area (Å²) in [6, 6.07) is 6.20. The third-order valence-electron chi connectivity index (χ3n) is 2.26. The molecular weight excluding hydrogens is 154 g/mol. The molecule has 0 atom stereocenters. The fourth-order valence-electron chi connectivity index (χ4n) is 1.37. The Morgan fingerprint density at radius 2 is 2.17 bits per heavy atom. The van der Waals surface area contributed by atoms with Crippen molar-refractivity contribution in [2.45, 2.75) is 18.7 Å². The minimum absolute atomic E-state index is 0.271. The lowest BCUT2D eigenvalue weighted by atomic mass is 9.57. The number of rotatable bonds is 2. The fraction of sp³-hybridized carbons (Fsp3) is 0.333. The number of halogens is 1. The van der Waals surface area contributed by atoms with Crippen LogP contribution in [-0.4, -0.2) is 11.9 Å². The van der Waals surface area contributed by atoms with Crippen molar-refractivity contribution in [3.05, 3.63) is 30.1 Å². The lowest BCUT2D eigenvalue weighted by Crippen LogP contribution is -2.30. The van der Waals surface area contributed by atoms with Crippen LogP contribution in [0.3, 0.4) is 0 Å². The standard InChI is InChI=1S/C9H10BFO/c11-9-3-1-2-8(6-9)10(12)7-4-5-7/h1-3,6-7,12H,4-5H2. The lowest BCUT2D eigenvalue weighted by molar-refractivity contribution is 0.580. The highest BCUT2D eigenvalue weighted by atomic mass is 19.1. The van der Waals surface area contributed by atoms with E-state index in [9.17, 15) is 9.41 Å². The van der Waals surface area contributed by atoms with Crippen molar-refractivity contribution < 1.29 is 9.41 Å². The monoisotopic (exact) mass is 164 g/mol. The van der Waals surface area contributed by atoms with Gasteiger partial charge < -0.3 is 5.02 Å². The molecule has 62 valence electrons. The van der Waals surface area contributed by atoms with E-state index < -0.39 is 6.92 Å². The van der Waals surface area contributed by atoms with E-state index in [1.54, 1.807) is 12.1 Å². The molecule has 1 saturated carbocycles. The third kappa shape index (κ3) is 1.51. The van der Waals surface area contributed by atoms with E-state index in [-0.39, 0.29) is 5.82 Å². The lowest BCUT2D eigenvalue weighted by Gasteiger charge is -2.03. The molecule has 2 rings (SSSR count). The van der Waals surface area contributed by atoms with E-state index in [0.717, 1.165) is 12.8 Å². The molecule has 1 nitrogen and oxygen atoms in total. The molecule has 1 aromatic carbocycles. The van der Waals surface area contributed by atoms with E-state index in [4.69, 9.17) is 0 Å². The van der Waals surface area contributed by atoms with Crippen LogP contribution < -0.4 is 5.46 Å². The number of benzene rings is 1. The molecule has 12 heavy (non-hydrogen) atoms. The van der Waals surface area contributed by atoms with Crippen molar-refractivity contribution in [3.63, 3.8) is 0 Å². The summed E-state index contributed by atoms with van der Waals surface area (Å²) in [5, 5.41) is 9.62. The second kappa shape index (κ2) is 2.90. The van der Waals surface area contributed by atoms with Gasteiger partial charge in [-0.1, -0.05) is 25.0 Å². The molecule has 0 spiro atoms. The van der Waals surface area contributed by atoms with Gasteiger partial charge in [-0.3, -0.25) is 0 Å². The van der Waals surface area contributed by atoms with Gasteiger partial charge >= 0.3 is 6.92 Å². The van der Waals surface area contributed by atoms with Gasteiger partial charge in [-0.25, -0.2) is 4.39 Å². The summed E-state index contributed by atoms with van der Waals surface area (Å²) in [6.45, 7) is -0.458. The van der Waals surface area contributed by atoms with Crippen molar-refractivity contribution in [2.75, 3.05) is 0 Å². The Bertz CT molecular complexity index is 286. The van der Waals surface area contributed by atoms with Crippen LogP contribution in [0.1, 0.15) is 12.8 Å².